The Hall–Kier alpha value is -2.69. The second-order valence-corrected chi connectivity index (χ2v) is 7.72. The molecule has 0 radical (unpaired) electrons. The summed E-state index contributed by atoms with van der Waals surface area (Å²) in [5.74, 6) is 0.873. The van der Waals surface area contributed by atoms with Crippen LogP contribution in [0.2, 0.25) is 0 Å². The van der Waals surface area contributed by atoms with E-state index < -0.39 is 5.97 Å². The van der Waals surface area contributed by atoms with Gasteiger partial charge >= 0.3 is 5.97 Å². The van der Waals surface area contributed by atoms with E-state index in [0.717, 1.165) is 31.6 Å². The highest BCUT2D eigenvalue weighted by molar-refractivity contribution is 5.92. The van der Waals surface area contributed by atoms with Gasteiger partial charge in [0, 0.05) is 0 Å². The topological polar surface area (TPSA) is 65.0 Å². The molecule has 0 atom stereocenters. The van der Waals surface area contributed by atoms with Gasteiger partial charge < -0.3 is 19.3 Å². The van der Waals surface area contributed by atoms with Gasteiger partial charge in [0.25, 0.3) is 0 Å². The number of carbonyl (C=O) groups excluding carboxylic acids is 1. The molecule has 0 heterocycles. The Morgan fingerprint density at radius 3 is 1.77 bits per heavy atom. The highest BCUT2D eigenvalue weighted by Crippen LogP contribution is 2.24. The molecule has 0 aliphatic heterocycles. The Labute approximate surface area is 186 Å². The fourth-order valence-corrected chi connectivity index (χ4v) is 3.39. The fourth-order valence-electron chi connectivity index (χ4n) is 3.39. The summed E-state index contributed by atoms with van der Waals surface area (Å²) in [6, 6.07) is 14.6. The van der Waals surface area contributed by atoms with Crippen molar-refractivity contribution in [3.8, 4) is 17.2 Å². The van der Waals surface area contributed by atoms with Crippen molar-refractivity contribution in [1.82, 2.24) is 0 Å². The molecule has 1 N–H and O–H groups in total. The summed E-state index contributed by atoms with van der Waals surface area (Å²) >= 11 is 0. The fraction of sp³-hybridized carbons (Fsp3) is 0.500. The van der Waals surface area contributed by atoms with E-state index in [2.05, 4.69) is 4.74 Å². The first-order chi connectivity index (χ1) is 15.2. The number of phenolic OH excluding ortho intramolecular Hbond substituents is 1. The van der Waals surface area contributed by atoms with Crippen LogP contribution in [-0.4, -0.2) is 31.4 Å². The zero-order chi connectivity index (χ0) is 22.2. The Morgan fingerprint density at radius 2 is 1.23 bits per heavy atom. The first-order valence-electron chi connectivity index (χ1n) is 11.4. The number of rotatable bonds is 16. The molecule has 0 fully saturated rings. The number of hydrogen-bond donors (Lipinski definition) is 1. The molecular formula is C26H36O5. The predicted octanol–water partition coefficient (Wildman–Crippen LogP) is 6.54. The number of phenols is 1. The molecule has 0 aliphatic rings. The Kier molecular flexibility index (Phi) is 12.0. The van der Waals surface area contributed by atoms with Crippen molar-refractivity contribution in [2.75, 3.05) is 20.3 Å². The third-order valence-corrected chi connectivity index (χ3v) is 5.19. The van der Waals surface area contributed by atoms with Crippen LogP contribution >= 0.6 is 0 Å². The number of aromatic hydroxyl groups is 1. The molecule has 5 heteroatoms. The van der Waals surface area contributed by atoms with E-state index in [0.29, 0.717) is 12.4 Å². The van der Waals surface area contributed by atoms with Gasteiger partial charge in [-0.3, -0.25) is 0 Å². The number of ether oxygens (including phenoxy) is 3. The van der Waals surface area contributed by atoms with E-state index in [4.69, 9.17) is 9.47 Å². The number of carbonyl (C=O) groups is 1. The number of benzene rings is 2. The smallest absolute Gasteiger partial charge is 0.341 e. The zero-order valence-electron chi connectivity index (χ0n) is 18.7. The highest BCUT2D eigenvalue weighted by atomic mass is 16.5. The molecule has 2 aromatic carbocycles. The van der Waals surface area contributed by atoms with Gasteiger partial charge in [0.2, 0.25) is 0 Å². The lowest BCUT2D eigenvalue weighted by molar-refractivity contribution is 0.0597. The van der Waals surface area contributed by atoms with Gasteiger partial charge in [-0.05, 0) is 43.2 Å². The van der Waals surface area contributed by atoms with Crippen LogP contribution in [0.3, 0.4) is 0 Å². The monoisotopic (exact) mass is 428 g/mol. The maximum atomic E-state index is 11.6. The van der Waals surface area contributed by atoms with Crippen molar-refractivity contribution in [3.63, 3.8) is 0 Å². The van der Waals surface area contributed by atoms with E-state index in [1.165, 1.54) is 64.2 Å². The summed E-state index contributed by atoms with van der Waals surface area (Å²) in [6.45, 7) is 1.41. The maximum absolute atomic E-state index is 11.6. The van der Waals surface area contributed by atoms with E-state index >= 15 is 0 Å². The predicted molar refractivity (Wildman–Crippen MR) is 123 cm³/mol. The number of esters is 1. The second-order valence-electron chi connectivity index (χ2n) is 7.72. The van der Waals surface area contributed by atoms with E-state index in [1.807, 2.05) is 30.3 Å². The average Bonchev–Trinajstić information content (AvgIpc) is 2.80. The van der Waals surface area contributed by atoms with Crippen LogP contribution < -0.4 is 9.47 Å². The van der Waals surface area contributed by atoms with Crippen LogP contribution in [-0.2, 0) is 4.74 Å². The van der Waals surface area contributed by atoms with Crippen molar-refractivity contribution in [2.24, 2.45) is 0 Å². The van der Waals surface area contributed by atoms with Gasteiger partial charge in [0.1, 0.15) is 22.8 Å². The third kappa shape index (κ3) is 10.3. The molecule has 2 rings (SSSR count). The van der Waals surface area contributed by atoms with Crippen molar-refractivity contribution in [3.05, 3.63) is 54.1 Å². The van der Waals surface area contributed by atoms with Crippen LogP contribution in [0.1, 0.15) is 74.6 Å². The van der Waals surface area contributed by atoms with Crippen molar-refractivity contribution < 1.29 is 24.1 Å². The highest BCUT2D eigenvalue weighted by Gasteiger charge is 2.12. The van der Waals surface area contributed by atoms with Crippen molar-refractivity contribution >= 4 is 5.97 Å². The summed E-state index contributed by atoms with van der Waals surface area (Å²) in [7, 11) is 1.29. The van der Waals surface area contributed by atoms with Crippen molar-refractivity contribution in [2.45, 2.75) is 64.2 Å². The molecule has 0 amide bonds. The lowest BCUT2D eigenvalue weighted by Gasteiger charge is -2.09. The first kappa shape index (κ1) is 24.6. The van der Waals surface area contributed by atoms with E-state index in [-0.39, 0.29) is 11.3 Å². The van der Waals surface area contributed by atoms with Gasteiger partial charge in [-0.15, -0.1) is 0 Å². The average molecular weight is 429 g/mol. The van der Waals surface area contributed by atoms with Gasteiger partial charge in [0.05, 0.1) is 20.3 Å². The van der Waals surface area contributed by atoms with Crippen LogP contribution in [0, 0.1) is 0 Å². The lowest BCUT2D eigenvalue weighted by atomic mass is 10.1. The largest absolute Gasteiger partial charge is 0.507 e. The van der Waals surface area contributed by atoms with Crippen molar-refractivity contribution in [1.29, 1.82) is 0 Å². The summed E-state index contributed by atoms with van der Waals surface area (Å²) in [4.78, 5) is 11.6. The van der Waals surface area contributed by atoms with Crippen LogP contribution in [0.25, 0.3) is 0 Å². The summed E-state index contributed by atoms with van der Waals surface area (Å²) in [5.41, 5.74) is 0.128. The second kappa shape index (κ2) is 15.2. The molecule has 0 spiro atoms. The molecule has 170 valence electrons. The molecular weight excluding hydrogens is 392 g/mol. The molecule has 31 heavy (non-hydrogen) atoms. The number of methoxy groups -OCH3 is 1. The Balaban J connectivity index is 1.39. The SMILES string of the molecule is COC(=O)c1cc(OCCCCCCCCCCCCOc2ccccc2)ccc1O. The summed E-state index contributed by atoms with van der Waals surface area (Å²) in [5, 5.41) is 9.70. The first-order valence-corrected chi connectivity index (χ1v) is 11.4. The quantitative estimate of drug-likeness (QED) is 0.243. The van der Waals surface area contributed by atoms with Crippen LogP contribution in [0.15, 0.2) is 48.5 Å². The minimum absolute atomic E-state index is 0.0975. The van der Waals surface area contributed by atoms with Gasteiger partial charge in [-0.1, -0.05) is 69.6 Å². The number of hydrogen-bond acceptors (Lipinski definition) is 5. The third-order valence-electron chi connectivity index (χ3n) is 5.19. The number of para-hydroxylation sites is 1. The molecule has 0 aliphatic carbocycles. The standard InChI is InChI=1S/C26H36O5/c1-29-26(28)24-21-23(17-18-25(24)27)31-20-14-9-7-5-3-2-4-6-8-13-19-30-22-15-11-10-12-16-22/h10-12,15-18,21,27H,2-9,13-14,19-20H2,1H3. The molecule has 0 aromatic heterocycles. The van der Waals surface area contributed by atoms with Crippen LogP contribution in [0.5, 0.6) is 17.2 Å². The summed E-state index contributed by atoms with van der Waals surface area (Å²) in [6.07, 6.45) is 12.1. The Morgan fingerprint density at radius 1 is 0.710 bits per heavy atom. The molecule has 0 saturated heterocycles. The lowest BCUT2D eigenvalue weighted by Crippen LogP contribution is -2.03. The zero-order valence-corrected chi connectivity index (χ0v) is 18.7. The van der Waals surface area contributed by atoms with E-state index in [9.17, 15) is 9.90 Å². The molecule has 2 aromatic rings. The van der Waals surface area contributed by atoms with Gasteiger partial charge in [-0.25, -0.2) is 4.79 Å². The number of unbranched alkanes of at least 4 members (excludes halogenated alkanes) is 9. The minimum atomic E-state index is -0.566. The van der Waals surface area contributed by atoms with E-state index in [1.54, 1.807) is 6.07 Å². The minimum Gasteiger partial charge on any atom is -0.507 e. The molecule has 0 bridgehead atoms. The normalized spacial score (nSPS) is 10.6. The Bertz CT molecular complexity index is 745. The summed E-state index contributed by atoms with van der Waals surface area (Å²) < 4.78 is 16.0. The van der Waals surface area contributed by atoms with Crippen LogP contribution in [0.4, 0.5) is 0 Å². The molecule has 0 saturated carbocycles. The maximum Gasteiger partial charge on any atom is 0.341 e. The molecule has 0 unspecified atom stereocenters. The van der Waals surface area contributed by atoms with Gasteiger partial charge in [-0.2, -0.15) is 0 Å². The van der Waals surface area contributed by atoms with Gasteiger partial charge in [0.15, 0.2) is 0 Å². The molecule has 5 nitrogen and oxygen atoms in total.